The lowest BCUT2D eigenvalue weighted by Gasteiger charge is -2.43. The molecule has 0 saturated carbocycles. The number of phenols is 1. The molecule has 1 unspecified atom stereocenters. The number of hydrogen-bond donors (Lipinski definition) is 1. The van der Waals surface area contributed by atoms with Gasteiger partial charge in [-0.3, -0.25) is 9.69 Å². The van der Waals surface area contributed by atoms with Crippen molar-refractivity contribution < 1.29 is 19.4 Å². The smallest absolute Gasteiger partial charge is 0.327 e. The molecule has 2 saturated heterocycles. The number of phenolic OH excluding ortho intramolecular Hbond substituents is 1. The van der Waals surface area contributed by atoms with Gasteiger partial charge in [-0.25, -0.2) is 4.79 Å². The molecular formula is C23H36N4O4. The van der Waals surface area contributed by atoms with E-state index in [9.17, 15) is 14.7 Å². The fourth-order valence-corrected chi connectivity index (χ4v) is 4.86. The zero-order chi connectivity index (χ0) is 22.8. The number of nitrogens with zero attached hydrogens (tertiary/aromatic N) is 4. The summed E-state index contributed by atoms with van der Waals surface area (Å²) < 4.78 is 5.22. The van der Waals surface area contributed by atoms with Crippen LogP contribution in [0.2, 0.25) is 0 Å². The number of methoxy groups -OCH3 is 1. The Hall–Kier alpha value is -2.32. The number of rotatable bonds is 8. The van der Waals surface area contributed by atoms with Crippen molar-refractivity contribution in [2.45, 2.75) is 44.7 Å². The predicted molar refractivity (Wildman–Crippen MR) is 119 cm³/mol. The van der Waals surface area contributed by atoms with E-state index in [1.165, 1.54) is 4.90 Å². The van der Waals surface area contributed by atoms with Crippen LogP contribution in [0.25, 0.3) is 0 Å². The second-order valence-electron chi connectivity index (χ2n) is 8.91. The Balaban J connectivity index is 1.66. The maximum atomic E-state index is 13.3. The van der Waals surface area contributed by atoms with Gasteiger partial charge in [0.1, 0.15) is 5.54 Å². The first-order valence-corrected chi connectivity index (χ1v) is 11.1. The molecule has 172 valence electrons. The zero-order valence-electron chi connectivity index (χ0n) is 19.4. The van der Waals surface area contributed by atoms with Crippen molar-refractivity contribution in [3.8, 4) is 11.5 Å². The fourth-order valence-electron chi connectivity index (χ4n) is 4.86. The number of carbonyl (C=O) groups is 2. The monoisotopic (exact) mass is 432 g/mol. The van der Waals surface area contributed by atoms with Crippen LogP contribution in [0.5, 0.6) is 11.5 Å². The van der Waals surface area contributed by atoms with Crippen molar-refractivity contribution in [2.75, 3.05) is 53.9 Å². The number of likely N-dealkylation sites (N-methyl/N-ethyl adjacent to an activating group) is 2. The van der Waals surface area contributed by atoms with E-state index in [1.807, 2.05) is 38.1 Å². The summed E-state index contributed by atoms with van der Waals surface area (Å²) in [6.07, 6.45) is 2.14. The molecule has 3 rings (SSSR count). The van der Waals surface area contributed by atoms with Gasteiger partial charge in [0.05, 0.1) is 7.11 Å². The van der Waals surface area contributed by atoms with Gasteiger partial charge in [-0.05, 0) is 64.9 Å². The third kappa shape index (κ3) is 4.50. The molecule has 0 bridgehead atoms. The quantitative estimate of drug-likeness (QED) is 0.634. The van der Waals surface area contributed by atoms with E-state index in [4.69, 9.17) is 4.74 Å². The van der Waals surface area contributed by atoms with Gasteiger partial charge in [-0.2, -0.15) is 0 Å². The van der Waals surface area contributed by atoms with Gasteiger partial charge in [0.2, 0.25) is 0 Å². The fraction of sp³-hybridized carbons (Fsp3) is 0.652. The molecule has 8 heteroatoms. The number of ether oxygens (including phenoxy) is 1. The highest BCUT2D eigenvalue weighted by molar-refractivity contribution is 6.07. The van der Waals surface area contributed by atoms with Gasteiger partial charge in [0.25, 0.3) is 5.91 Å². The molecule has 1 N–H and O–H groups in total. The molecule has 2 fully saturated rings. The number of carbonyl (C=O) groups excluding carboxylic acids is 2. The number of urea groups is 1. The Kier molecular flexibility index (Phi) is 7.11. The zero-order valence-corrected chi connectivity index (χ0v) is 19.4. The molecule has 1 spiro atoms. The highest BCUT2D eigenvalue weighted by Gasteiger charge is 2.57. The molecule has 8 nitrogen and oxygen atoms in total. The predicted octanol–water partition coefficient (Wildman–Crippen LogP) is 2.01. The Morgan fingerprint density at radius 2 is 1.90 bits per heavy atom. The molecule has 0 radical (unpaired) electrons. The number of aromatic hydroxyl groups is 1. The maximum absolute atomic E-state index is 13.3. The number of amides is 3. The minimum Gasteiger partial charge on any atom is -0.504 e. The summed E-state index contributed by atoms with van der Waals surface area (Å²) in [5, 5.41) is 9.81. The van der Waals surface area contributed by atoms with Crippen molar-refractivity contribution in [3.05, 3.63) is 23.8 Å². The van der Waals surface area contributed by atoms with Crippen LogP contribution in [-0.4, -0.2) is 102 Å². The summed E-state index contributed by atoms with van der Waals surface area (Å²) in [6, 6.07) is 5.58. The lowest BCUT2D eigenvalue weighted by molar-refractivity contribution is -0.136. The van der Waals surface area contributed by atoms with Crippen molar-refractivity contribution in [1.82, 2.24) is 19.6 Å². The molecule has 1 aromatic carbocycles. The van der Waals surface area contributed by atoms with Crippen LogP contribution < -0.4 is 4.74 Å². The van der Waals surface area contributed by atoms with Gasteiger partial charge in [-0.1, -0.05) is 6.07 Å². The molecule has 2 aliphatic rings. The van der Waals surface area contributed by atoms with Crippen LogP contribution in [0.3, 0.4) is 0 Å². The third-order valence-electron chi connectivity index (χ3n) is 6.73. The van der Waals surface area contributed by atoms with Crippen LogP contribution >= 0.6 is 0 Å². The minimum atomic E-state index is -0.698. The summed E-state index contributed by atoms with van der Waals surface area (Å²) in [7, 11) is 5.44. The molecule has 31 heavy (non-hydrogen) atoms. The minimum absolute atomic E-state index is 0.0308. The summed E-state index contributed by atoms with van der Waals surface area (Å²) >= 11 is 0. The van der Waals surface area contributed by atoms with Gasteiger partial charge in [0.15, 0.2) is 11.5 Å². The van der Waals surface area contributed by atoms with E-state index >= 15 is 0 Å². The van der Waals surface area contributed by atoms with E-state index in [1.54, 1.807) is 18.1 Å². The Labute approximate surface area is 185 Å². The van der Waals surface area contributed by atoms with Gasteiger partial charge < -0.3 is 24.5 Å². The van der Waals surface area contributed by atoms with Crippen LogP contribution in [0.1, 0.15) is 32.3 Å². The third-order valence-corrected chi connectivity index (χ3v) is 6.73. The number of benzene rings is 1. The van der Waals surface area contributed by atoms with Crippen molar-refractivity contribution >= 4 is 11.9 Å². The summed E-state index contributed by atoms with van der Waals surface area (Å²) in [6.45, 7) is 7.33. The molecule has 1 aromatic rings. The second kappa shape index (κ2) is 9.44. The first kappa shape index (κ1) is 23.3. The van der Waals surface area contributed by atoms with Gasteiger partial charge >= 0.3 is 6.03 Å². The molecule has 0 aromatic heterocycles. The number of likely N-dealkylation sites (tertiary alicyclic amines) is 1. The van der Waals surface area contributed by atoms with Gasteiger partial charge in [0, 0.05) is 38.8 Å². The SMILES string of the molecule is CCN1C(=O)N(CCN(C)C)C(=O)C12CCN(C(C)Cc1ccc(O)c(OC)c1)CC2. The topological polar surface area (TPSA) is 76.6 Å². The van der Waals surface area contributed by atoms with E-state index in [0.29, 0.717) is 38.2 Å². The molecule has 0 aliphatic carbocycles. The standard InChI is InChI=1S/C23H36N4O4/c1-6-27-22(30)26(14-13-24(3)4)21(29)23(27)9-11-25(12-10-23)17(2)15-18-7-8-19(28)20(16-18)31-5/h7-8,16-17,28H,6,9-15H2,1-5H3. The Bertz CT molecular complexity index is 805. The molecular weight excluding hydrogens is 396 g/mol. The number of hydrogen-bond acceptors (Lipinski definition) is 6. The lowest BCUT2D eigenvalue weighted by Crippen LogP contribution is -2.57. The number of imide groups is 1. The number of piperidine rings is 1. The molecule has 3 amide bonds. The van der Waals surface area contributed by atoms with Crippen LogP contribution in [0.15, 0.2) is 18.2 Å². The van der Waals surface area contributed by atoms with Crippen molar-refractivity contribution in [3.63, 3.8) is 0 Å². The van der Waals surface area contributed by atoms with E-state index in [0.717, 1.165) is 25.1 Å². The first-order valence-electron chi connectivity index (χ1n) is 11.1. The molecule has 2 aliphatic heterocycles. The maximum Gasteiger partial charge on any atom is 0.327 e. The molecule has 1 atom stereocenters. The second-order valence-corrected chi connectivity index (χ2v) is 8.91. The van der Waals surface area contributed by atoms with Crippen molar-refractivity contribution in [2.24, 2.45) is 0 Å². The highest BCUT2D eigenvalue weighted by Crippen LogP contribution is 2.38. The van der Waals surface area contributed by atoms with Crippen molar-refractivity contribution in [1.29, 1.82) is 0 Å². The average molecular weight is 433 g/mol. The highest BCUT2D eigenvalue weighted by atomic mass is 16.5. The molecule has 2 heterocycles. The Morgan fingerprint density at radius 3 is 2.48 bits per heavy atom. The van der Waals surface area contributed by atoms with E-state index in [-0.39, 0.29) is 23.7 Å². The summed E-state index contributed by atoms with van der Waals surface area (Å²) in [5.41, 5.74) is 0.399. The Morgan fingerprint density at radius 1 is 1.23 bits per heavy atom. The van der Waals surface area contributed by atoms with E-state index < -0.39 is 5.54 Å². The largest absolute Gasteiger partial charge is 0.504 e. The van der Waals surface area contributed by atoms with Crippen LogP contribution in [0.4, 0.5) is 4.79 Å². The first-order chi connectivity index (χ1) is 14.7. The summed E-state index contributed by atoms with van der Waals surface area (Å²) in [4.78, 5) is 33.9. The van der Waals surface area contributed by atoms with Gasteiger partial charge in [-0.15, -0.1) is 0 Å². The van der Waals surface area contributed by atoms with Crippen LogP contribution in [0, 0.1) is 0 Å². The average Bonchev–Trinajstić information content (AvgIpc) is 2.93. The summed E-state index contributed by atoms with van der Waals surface area (Å²) in [5.74, 6) is 0.590. The normalized spacial score (nSPS) is 20.2. The van der Waals surface area contributed by atoms with Crippen LogP contribution in [-0.2, 0) is 11.2 Å². The lowest BCUT2D eigenvalue weighted by atomic mass is 9.85. The van der Waals surface area contributed by atoms with E-state index in [2.05, 4.69) is 11.8 Å².